The van der Waals surface area contributed by atoms with Crippen molar-refractivity contribution in [1.29, 1.82) is 0 Å². The van der Waals surface area contributed by atoms with Crippen LogP contribution in [0.1, 0.15) is 21.7 Å². The Bertz CT molecular complexity index is 1100. The molecule has 2 aromatic rings. The zero-order chi connectivity index (χ0) is 20.8. The number of ether oxygens (including phenoxy) is 2. The van der Waals surface area contributed by atoms with Crippen molar-refractivity contribution in [3.8, 4) is 11.5 Å². The van der Waals surface area contributed by atoms with Gasteiger partial charge >= 0.3 is 0 Å². The van der Waals surface area contributed by atoms with Crippen LogP contribution in [0.15, 0.2) is 28.5 Å². The molecular formula is C18H17ClN2O6S2. The van der Waals surface area contributed by atoms with E-state index >= 15 is 0 Å². The summed E-state index contributed by atoms with van der Waals surface area (Å²) in [5.74, 6) is 0.494. The summed E-state index contributed by atoms with van der Waals surface area (Å²) in [4.78, 5) is 25.8. The molecule has 8 nitrogen and oxygen atoms in total. The van der Waals surface area contributed by atoms with Crippen LogP contribution in [0.5, 0.6) is 11.5 Å². The first-order chi connectivity index (χ1) is 13.8. The lowest BCUT2D eigenvalue weighted by Gasteiger charge is -2.27. The SMILES string of the molecule is CS(=O)(=O)c1csc(C(=O)N2CCCN2C(=O)Cc2ccc3c(c2)OCO3)c1Cl. The fourth-order valence-corrected chi connectivity index (χ4v) is 6.09. The molecule has 11 heteroatoms. The molecule has 0 atom stereocenters. The molecule has 2 aliphatic heterocycles. The maximum atomic E-state index is 13.0. The van der Waals surface area contributed by atoms with Gasteiger partial charge in [0.05, 0.1) is 16.3 Å². The second-order valence-corrected chi connectivity index (χ2v) is 9.92. The van der Waals surface area contributed by atoms with Crippen molar-refractivity contribution < 1.29 is 27.5 Å². The number of carbonyl (C=O) groups is 2. The first-order valence-corrected chi connectivity index (χ1v) is 11.9. The van der Waals surface area contributed by atoms with Gasteiger partial charge in [-0.05, 0) is 24.1 Å². The maximum Gasteiger partial charge on any atom is 0.284 e. The van der Waals surface area contributed by atoms with Crippen molar-refractivity contribution in [3.63, 3.8) is 0 Å². The lowest BCUT2D eigenvalue weighted by Crippen LogP contribution is -2.45. The molecule has 154 valence electrons. The number of thiophene rings is 1. The van der Waals surface area contributed by atoms with E-state index in [2.05, 4.69) is 0 Å². The number of benzene rings is 1. The summed E-state index contributed by atoms with van der Waals surface area (Å²) in [7, 11) is -3.54. The average molecular weight is 457 g/mol. The zero-order valence-electron chi connectivity index (χ0n) is 15.4. The highest BCUT2D eigenvalue weighted by Gasteiger charge is 2.34. The van der Waals surface area contributed by atoms with Gasteiger partial charge in [0.1, 0.15) is 4.88 Å². The van der Waals surface area contributed by atoms with Gasteiger partial charge in [-0.25, -0.2) is 13.4 Å². The number of nitrogens with zero attached hydrogens (tertiary/aromatic N) is 2. The molecule has 4 rings (SSSR count). The van der Waals surface area contributed by atoms with Crippen LogP contribution < -0.4 is 9.47 Å². The molecule has 0 bridgehead atoms. The summed E-state index contributed by atoms with van der Waals surface area (Å²) in [5, 5.41) is 3.97. The largest absolute Gasteiger partial charge is 0.454 e. The van der Waals surface area contributed by atoms with Gasteiger partial charge in [-0.3, -0.25) is 14.6 Å². The van der Waals surface area contributed by atoms with E-state index < -0.39 is 15.7 Å². The highest BCUT2D eigenvalue weighted by Crippen LogP contribution is 2.34. The molecule has 0 N–H and O–H groups in total. The van der Waals surface area contributed by atoms with E-state index in [9.17, 15) is 18.0 Å². The molecule has 2 amide bonds. The molecule has 0 unspecified atom stereocenters. The number of hydrogen-bond donors (Lipinski definition) is 0. The number of rotatable bonds is 4. The maximum absolute atomic E-state index is 13.0. The fourth-order valence-electron chi connectivity index (χ4n) is 3.24. The smallest absolute Gasteiger partial charge is 0.284 e. The molecule has 29 heavy (non-hydrogen) atoms. The van der Waals surface area contributed by atoms with E-state index in [0.29, 0.717) is 31.0 Å². The average Bonchev–Trinajstić information content (AvgIpc) is 3.39. The summed E-state index contributed by atoms with van der Waals surface area (Å²) < 4.78 is 34.2. The Morgan fingerprint density at radius 2 is 1.90 bits per heavy atom. The van der Waals surface area contributed by atoms with E-state index in [1.807, 2.05) is 0 Å². The van der Waals surface area contributed by atoms with E-state index in [1.54, 1.807) is 18.2 Å². The van der Waals surface area contributed by atoms with Crippen LogP contribution >= 0.6 is 22.9 Å². The summed E-state index contributed by atoms with van der Waals surface area (Å²) in [6.45, 7) is 0.906. The van der Waals surface area contributed by atoms with Gasteiger partial charge in [0.15, 0.2) is 21.3 Å². The summed E-state index contributed by atoms with van der Waals surface area (Å²) in [6, 6.07) is 5.27. The first kappa shape index (κ1) is 20.0. The quantitative estimate of drug-likeness (QED) is 0.701. The molecular weight excluding hydrogens is 440 g/mol. The lowest BCUT2D eigenvalue weighted by molar-refractivity contribution is -0.139. The highest BCUT2D eigenvalue weighted by atomic mass is 35.5. The van der Waals surface area contributed by atoms with Crippen molar-refractivity contribution >= 4 is 44.6 Å². The predicted octanol–water partition coefficient (Wildman–Crippen LogP) is 2.37. The number of hydrogen-bond acceptors (Lipinski definition) is 7. The minimum atomic E-state index is -3.54. The second kappa shape index (κ2) is 7.51. The number of fused-ring (bicyclic) bond motifs is 1. The van der Waals surface area contributed by atoms with Gasteiger partial charge in [0.2, 0.25) is 12.7 Å². The van der Waals surface area contributed by atoms with Crippen molar-refractivity contribution in [2.45, 2.75) is 17.7 Å². The molecule has 1 fully saturated rings. The number of hydrazine groups is 1. The molecule has 0 aliphatic carbocycles. The van der Waals surface area contributed by atoms with E-state index in [4.69, 9.17) is 21.1 Å². The Morgan fingerprint density at radius 3 is 2.62 bits per heavy atom. The van der Waals surface area contributed by atoms with Gasteiger partial charge < -0.3 is 9.47 Å². The molecule has 0 spiro atoms. The van der Waals surface area contributed by atoms with Crippen molar-refractivity contribution in [3.05, 3.63) is 39.0 Å². The van der Waals surface area contributed by atoms with Crippen LogP contribution in [-0.4, -0.2) is 56.4 Å². The molecule has 2 aliphatic rings. The van der Waals surface area contributed by atoms with Crippen LogP contribution in [0.2, 0.25) is 5.02 Å². The Hall–Kier alpha value is -2.30. The van der Waals surface area contributed by atoms with Crippen LogP contribution in [-0.2, 0) is 21.1 Å². The third-order valence-corrected chi connectivity index (χ3v) is 7.49. The minimum Gasteiger partial charge on any atom is -0.454 e. The molecule has 3 heterocycles. The molecule has 1 saturated heterocycles. The number of halogens is 1. The third kappa shape index (κ3) is 3.79. The monoisotopic (exact) mass is 456 g/mol. The standard InChI is InChI=1S/C18H17ClN2O6S2/c1-29(24,25)14-9-28-17(16(14)19)18(23)21-6-2-5-20(21)15(22)8-11-3-4-12-13(7-11)27-10-26-12/h3-4,7,9H,2,5-6,8,10H2,1H3. The van der Waals surface area contributed by atoms with E-state index in [0.717, 1.165) is 23.2 Å². The van der Waals surface area contributed by atoms with Gasteiger partial charge in [-0.2, -0.15) is 0 Å². The molecule has 0 radical (unpaired) electrons. The summed E-state index contributed by atoms with van der Waals surface area (Å²) >= 11 is 7.11. The normalized spacial score (nSPS) is 15.8. The Kier molecular flexibility index (Phi) is 5.18. The topological polar surface area (TPSA) is 93.2 Å². The third-order valence-electron chi connectivity index (χ3n) is 4.64. The van der Waals surface area contributed by atoms with Gasteiger partial charge in [-0.1, -0.05) is 17.7 Å². The van der Waals surface area contributed by atoms with Gasteiger partial charge in [0.25, 0.3) is 5.91 Å². The van der Waals surface area contributed by atoms with Crippen molar-refractivity contribution in [2.75, 3.05) is 26.1 Å². The van der Waals surface area contributed by atoms with E-state index in [1.165, 1.54) is 15.4 Å². The summed E-state index contributed by atoms with van der Waals surface area (Å²) in [6.07, 6.45) is 1.75. The lowest BCUT2D eigenvalue weighted by atomic mass is 10.1. The number of sulfone groups is 1. The Balaban J connectivity index is 1.52. The van der Waals surface area contributed by atoms with Gasteiger partial charge in [0, 0.05) is 24.7 Å². The Labute approximate surface area is 176 Å². The zero-order valence-corrected chi connectivity index (χ0v) is 17.8. The van der Waals surface area contributed by atoms with Crippen molar-refractivity contribution in [1.82, 2.24) is 10.0 Å². The molecule has 0 saturated carbocycles. The fraction of sp³-hybridized carbons (Fsp3) is 0.333. The van der Waals surface area contributed by atoms with Crippen LogP contribution in [0, 0.1) is 0 Å². The van der Waals surface area contributed by atoms with Crippen LogP contribution in [0.3, 0.4) is 0 Å². The number of amides is 2. The number of carbonyl (C=O) groups excluding carboxylic acids is 2. The summed E-state index contributed by atoms with van der Waals surface area (Å²) in [5.41, 5.74) is 0.743. The second-order valence-electron chi connectivity index (χ2n) is 6.68. The van der Waals surface area contributed by atoms with Crippen LogP contribution in [0.25, 0.3) is 0 Å². The Morgan fingerprint density at radius 1 is 1.17 bits per heavy atom. The highest BCUT2D eigenvalue weighted by molar-refractivity contribution is 7.91. The van der Waals surface area contributed by atoms with Crippen molar-refractivity contribution in [2.24, 2.45) is 0 Å². The first-order valence-electron chi connectivity index (χ1n) is 8.73. The predicted molar refractivity (Wildman–Crippen MR) is 106 cm³/mol. The minimum absolute atomic E-state index is 0.0787. The van der Waals surface area contributed by atoms with Crippen LogP contribution in [0.4, 0.5) is 0 Å². The molecule has 1 aromatic carbocycles. The molecule has 1 aromatic heterocycles. The van der Waals surface area contributed by atoms with E-state index in [-0.39, 0.29) is 33.9 Å². The van der Waals surface area contributed by atoms with Gasteiger partial charge in [-0.15, -0.1) is 11.3 Å².